The van der Waals surface area contributed by atoms with Gasteiger partial charge in [0.2, 0.25) is 5.91 Å². The van der Waals surface area contributed by atoms with Crippen molar-refractivity contribution in [2.24, 2.45) is 11.1 Å². The van der Waals surface area contributed by atoms with Gasteiger partial charge in [-0.2, -0.15) is 0 Å². The van der Waals surface area contributed by atoms with E-state index in [4.69, 9.17) is 20.2 Å². The van der Waals surface area contributed by atoms with E-state index < -0.39 is 23.1 Å². The van der Waals surface area contributed by atoms with Crippen molar-refractivity contribution >= 4 is 5.91 Å². The number of halogens is 2. The minimum atomic E-state index is -0.576. The summed E-state index contributed by atoms with van der Waals surface area (Å²) < 4.78 is 41.2. The Balaban J connectivity index is 2.17. The van der Waals surface area contributed by atoms with E-state index in [2.05, 4.69) is 0 Å². The summed E-state index contributed by atoms with van der Waals surface area (Å²) in [4.78, 5) is 20.0. The highest BCUT2D eigenvalue weighted by molar-refractivity contribution is 5.78. The Morgan fingerprint density at radius 3 is 2.45 bits per heavy atom. The normalized spacial score (nSPS) is 13.4. The molecule has 0 fully saturated rings. The molecule has 0 spiro atoms. The molecule has 0 aliphatic heterocycles. The molecule has 1 unspecified atom stereocenters. The summed E-state index contributed by atoms with van der Waals surface area (Å²) >= 11 is 0. The predicted molar refractivity (Wildman–Crippen MR) is 143 cm³/mol. The molecule has 0 saturated heterocycles. The first-order chi connectivity index (χ1) is 18.0. The summed E-state index contributed by atoms with van der Waals surface area (Å²) in [5.74, 6) is -0.793. The molecule has 1 heterocycles. The van der Waals surface area contributed by atoms with Gasteiger partial charge in [-0.25, -0.2) is 13.8 Å². The van der Waals surface area contributed by atoms with Crippen molar-refractivity contribution in [2.75, 3.05) is 34.0 Å². The molecule has 3 aromatic rings. The van der Waals surface area contributed by atoms with Crippen LogP contribution >= 0.6 is 0 Å². The van der Waals surface area contributed by atoms with Gasteiger partial charge in [0.1, 0.15) is 24.1 Å². The van der Waals surface area contributed by atoms with E-state index in [-0.39, 0.29) is 29.8 Å². The third kappa shape index (κ3) is 7.46. The monoisotopic (exact) mass is 528 g/mol. The van der Waals surface area contributed by atoms with Crippen molar-refractivity contribution in [3.63, 3.8) is 0 Å². The summed E-state index contributed by atoms with van der Waals surface area (Å²) in [6, 6.07) is 12.3. The Kier molecular flexibility index (Phi) is 10.1. The number of aromatic nitrogens is 2. The Bertz CT molecular complexity index is 1190. The van der Waals surface area contributed by atoms with Crippen molar-refractivity contribution in [2.45, 2.75) is 45.8 Å². The first-order valence-corrected chi connectivity index (χ1v) is 12.6. The molecular formula is C29H38F2N4O3. The number of ether oxygens (including phenoxy) is 2. The number of hydrogen-bond acceptors (Lipinski definition) is 5. The zero-order valence-corrected chi connectivity index (χ0v) is 22.8. The van der Waals surface area contributed by atoms with Crippen LogP contribution in [0.2, 0.25) is 0 Å². The number of hydrogen-bond donors (Lipinski definition) is 1. The lowest BCUT2D eigenvalue weighted by atomic mass is 9.84. The highest BCUT2D eigenvalue weighted by Gasteiger charge is 2.38. The fourth-order valence-corrected chi connectivity index (χ4v) is 4.58. The Labute approximate surface area is 223 Å². The minimum absolute atomic E-state index is 0.0580. The Hall–Kier alpha value is -3.14. The lowest BCUT2D eigenvalue weighted by Gasteiger charge is -2.40. The topological polar surface area (TPSA) is 82.6 Å². The molecule has 0 aliphatic carbocycles. The van der Waals surface area contributed by atoms with Crippen molar-refractivity contribution < 1.29 is 23.0 Å². The Morgan fingerprint density at radius 2 is 1.82 bits per heavy atom. The molecule has 0 saturated carbocycles. The van der Waals surface area contributed by atoms with Gasteiger partial charge in [0.15, 0.2) is 0 Å². The smallest absolute Gasteiger partial charge is 0.249 e. The second kappa shape index (κ2) is 13.1. The summed E-state index contributed by atoms with van der Waals surface area (Å²) in [6.45, 7) is 7.07. The number of benzene rings is 2. The highest BCUT2D eigenvalue weighted by Crippen LogP contribution is 2.39. The molecule has 206 valence electrons. The molecule has 9 heteroatoms. The summed E-state index contributed by atoms with van der Waals surface area (Å²) in [5, 5.41) is 0. The van der Waals surface area contributed by atoms with Gasteiger partial charge in [0.05, 0.1) is 18.3 Å². The van der Waals surface area contributed by atoms with Crippen LogP contribution in [-0.2, 0) is 20.8 Å². The standard InChI is InChI=1S/C29H38F2N4O3/c1-29(2,3)27(35(26(36)19-38-5)14-13-22(32)18-37-4)28-33-25(23-15-21(30)11-12-24(23)31)17-34(28)16-20-9-7-6-8-10-20/h6-12,15,17,22,27H,13-14,16,18-19,32H2,1-5H3/t22?,27-/m0/s1. The highest BCUT2D eigenvalue weighted by atomic mass is 19.1. The van der Waals surface area contributed by atoms with Crippen LogP contribution < -0.4 is 5.73 Å². The zero-order valence-electron chi connectivity index (χ0n) is 22.8. The average molecular weight is 529 g/mol. The summed E-state index contributed by atoms with van der Waals surface area (Å²) in [7, 11) is 3.05. The molecule has 0 aliphatic rings. The Morgan fingerprint density at radius 1 is 1.11 bits per heavy atom. The lowest BCUT2D eigenvalue weighted by molar-refractivity contribution is -0.140. The summed E-state index contributed by atoms with van der Waals surface area (Å²) in [6.07, 6.45) is 2.22. The van der Waals surface area contributed by atoms with E-state index in [1.807, 2.05) is 55.7 Å². The number of imidazole rings is 1. The molecule has 2 N–H and O–H groups in total. The molecule has 2 aromatic carbocycles. The van der Waals surface area contributed by atoms with Crippen LogP contribution in [-0.4, -0.2) is 60.4 Å². The van der Waals surface area contributed by atoms with Gasteiger partial charge in [-0.05, 0) is 35.6 Å². The molecule has 1 aromatic heterocycles. The molecule has 7 nitrogen and oxygen atoms in total. The van der Waals surface area contributed by atoms with Crippen LogP contribution in [0.25, 0.3) is 11.3 Å². The average Bonchev–Trinajstić information content (AvgIpc) is 3.25. The molecule has 1 amide bonds. The van der Waals surface area contributed by atoms with Gasteiger partial charge < -0.3 is 24.7 Å². The first kappa shape index (κ1) is 29.4. The van der Waals surface area contributed by atoms with Crippen LogP contribution in [0.3, 0.4) is 0 Å². The van der Waals surface area contributed by atoms with Gasteiger partial charge in [-0.1, -0.05) is 51.1 Å². The maximum absolute atomic E-state index is 14.8. The second-order valence-electron chi connectivity index (χ2n) is 10.5. The van der Waals surface area contributed by atoms with E-state index in [9.17, 15) is 13.6 Å². The second-order valence-corrected chi connectivity index (χ2v) is 10.5. The van der Waals surface area contributed by atoms with Gasteiger partial charge in [-0.15, -0.1) is 0 Å². The largest absolute Gasteiger partial charge is 0.383 e. The van der Waals surface area contributed by atoms with Crippen molar-refractivity contribution in [3.05, 3.63) is 77.8 Å². The zero-order chi connectivity index (χ0) is 27.9. The van der Waals surface area contributed by atoms with Crippen LogP contribution in [0.15, 0.2) is 54.7 Å². The maximum Gasteiger partial charge on any atom is 0.249 e. The molecule has 2 atom stereocenters. The van der Waals surface area contributed by atoms with Gasteiger partial charge in [0.25, 0.3) is 0 Å². The van der Waals surface area contributed by atoms with Crippen LogP contribution in [0.1, 0.15) is 44.6 Å². The van der Waals surface area contributed by atoms with Crippen LogP contribution in [0.5, 0.6) is 0 Å². The third-order valence-electron chi connectivity index (χ3n) is 6.29. The maximum atomic E-state index is 14.8. The first-order valence-electron chi connectivity index (χ1n) is 12.6. The minimum Gasteiger partial charge on any atom is -0.383 e. The fraction of sp³-hybridized carbons (Fsp3) is 0.448. The quantitative estimate of drug-likeness (QED) is 0.365. The fourth-order valence-electron chi connectivity index (χ4n) is 4.58. The van der Waals surface area contributed by atoms with Crippen LogP contribution in [0, 0.1) is 17.0 Å². The van der Waals surface area contributed by atoms with E-state index in [1.165, 1.54) is 7.11 Å². The molecule has 0 radical (unpaired) electrons. The number of rotatable bonds is 12. The number of carbonyl (C=O) groups is 1. The van der Waals surface area contributed by atoms with Crippen molar-refractivity contribution in [1.29, 1.82) is 0 Å². The number of nitrogens with two attached hydrogens (primary N) is 1. The molecule has 0 bridgehead atoms. The number of carbonyl (C=O) groups excluding carboxylic acids is 1. The molecular weight excluding hydrogens is 490 g/mol. The van der Waals surface area contributed by atoms with E-state index >= 15 is 0 Å². The summed E-state index contributed by atoms with van der Waals surface area (Å²) in [5.41, 5.74) is 7.07. The lowest BCUT2D eigenvalue weighted by Crippen LogP contribution is -2.46. The number of methoxy groups -OCH3 is 2. The van der Waals surface area contributed by atoms with Gasteiger partial charge in [0, 0.05) is 45.1 Å². The number of nitrogens with zero attached hydrogens (tertiary/aromatic N) is 3. The predicted octanol–water partition coefficient (Wildman–Crippen LogP) is 4.80. The number of amides is 1. The van der Waals surface area contributed by atoms with E-state index in [1.54, 1.807) is 18.2 Å². The SMILES string of the molecule is COCC(=O)N(CCC(N)COC)[C@@H](c1nc(-c2cc(F)ccc2F)cn1Cc1ccccc1)C(C)(C)C. The van der Waals surface area contributed by atoms with Crippen molar-refractivity contribution in [1.82, 2.24) is 14.5 Å². The third-order valence-corrected chi connectivity index (χ3v) is 6.29. The van der Waals surface area contributed by atoms with E-state index in [0.29, 0.717) is 31.9 Å². The van der Waals surface area contributed by atoms with Gasteiger partial charge >= 0.3 is 0 Å². The van der Waals surface area contributed by atoms with E-state index in [0.717, 1.165) is 23.8 Å². The van der Waals surface area contributed by atoms with Gasteiger partial charge in [-0.3, -0.25) is 4.79 Å². The van der Waals surface area contributed by atoms with Crippen LogP contribution in [0.4, 0.5) is 8.78 Å². The molecule has 38 heavy (non-hydrogen) atoms. The van der Waals surface area contributed by atoms with Crippen molar-refractivity contribution in [3.8, 4) is 11.3 Å². The molecule has 3 rings (SSSR count).